The van der Waals surface area contributed by atoms with Crippen molar-refractivity contribution < 1.29 is 0 Å². The highest BCUT2D eigenvalue weighted by atomic mass is 32.2. The van der Waals surface area contributed by atoms with E-state index in [9.17, 15) is 0 Å². The van der Waals surface area contributed by atoms with Gasteiger partial charge in [0.2, 0.25) is 5.13 Å². The van der Waals surface area contributed by atoms with E-state index in [1.807, 2.05) is 0 Å². The summed E-state index contributed by atoms with van der Waals surface area (Å²) in [4.78, 5) is 0. The molecule has 0 aliphatic carbocycles. The van der Waals surface area contributed by atoms with Crippen LogP contribution in [0, 0.1) is 6.92 Å². The fourth-order valence-corrected chi connectivity index (χ4v) is 3.94. The Balaban J connectivity index is 1.45. The summed E-state index contributed by atoms with van der Waals surface area (Å²) in [6.45, 7) is 2.08. The van der Waals surface area contributed by atoms with Crippen LogP contribution in [0.1, 0.15) is 17.5 Å². The molecule has 0 bridgehead atoms. The molecule has 0 atom stereocenters. The predicted octanol–water partition coefficient (Wildman–Crippen LogP) is 5.32. The van der Waals surface area contributed by atoms with Gasteiger partial charge in [-0.15, -0.1) is 10.2 Å². The van der Waals surface area contributed by atoms with Crippen LogP contribution in [-0.2, 0) is 6.42 Å². The fourth-order valence-electron chi connectivity index (χ4n) is 2.16. The van der Waals surface area contributed by atoms with Gasteiger partial charge in [-0.1, -0.05) is 71.1 Å². The van der Waals surface area contributed by atoms with E-state index in [2.05, 4.69) is 77.0 Å². The molecule has 0 spiro atoms. The largest absolute Gasteiger partial charge is 0.330 e. The maximum atomic E-state index is 4.24. The van der Waals surface area contributed by atoms with Crippen molar-refractivity contribution in [3.63, 3.8) is 0 Å². The van der Waals surface area contributed by atoms with E-state index in [0.717, 1.165) is 33.8 Å². The second-order valence-corrected chi connectivity index (χ2v) is 7.62. The Morgan fingerprint density at radius 2 is 1.78 bits per heavy atom. The molecule has 23 heavy (non-hydrogen) atoms. The molecule has 0 saturated carbocycles. The minimum absolute atomic E-state index is 0.847. The first-order chi connectivity index (χ1) is 11.3. The maximum absolute atomic E-state index is 4.24. The third kappa shape index (κ3) is 5.08. The minimum atomic E-state index is 0.847. The summed E-state index contributed by atoms with van der Waals surface area (Å²) in [5, 5.41) is 12.6. The lowest BCUT2D eigenvalue weighted by molar-refractivity contribution is 0.929. The SMILES string of the molecule is Cc1ccc(Nc2nnc(SCCCc3ccccc3)s2)cc1. The van der Waals surface area contributed by atoms with Gasteiger partial charge in [-0.2, -0.15) is 0 Å². The Morgan fingerprint density at radius 3 is 2.57 bits per heavy atom. The Kier molecular flexibility index (Phi) is 5.66. The molecule has 1 aromatic heterocycles. The van der Waals surface area contributed by atoms with Crippen LogP contribution >= 0.6 is 23.1 Å². The Labute approximate surface area is 145 Å². The zero-order valence-corrected chi connectivity index (χ0v) is 14.7. The van der Waals surface area contributed by atoms with Gasteiger partial charge in [-0.3, -0.25) is 0 Å². The minimum Gasteiger partial charge on any atom is -0.330 e. The number of anilines is 2. The Hall–Kier alpha value is -1.85. The van der Waals surface area contributed by atoms with E-state index in [0.29, 0.717) is 0 Å². The van der Waals surface area contributed by atoms with Crippen molar-refractivity contribution in [1.29, 1.82) is 0 Å². The summed E-state index contributed by atoms with van der Waals surface area (Å²) < 4.78 is 1.02. The number of benzene rings is 2. The lowest BCUT2D eigenvalue weighted by Crippen LogP contribution is -1.88. The van der Waals surface area contributed by atoms with E-state index in [4.69, 9.17) is 0 Å². The van der Waals surface area contributed by atoms with Gasteiger partial charge < -0.3 is 5.32 Å². The molecule has 2 aromatic carbocycles. The smallest absolute Gasteiger partial charge is 0.210 e. The Morgan fingerprint density at radius 1 is 1.00 bits per heavy atom. The van der Waals surface area contributed by atoms with Crippen molar-refractivity contribution in [2.24, 2.45) is 0 Å². The van der Waals surface area contributed by atoms with Crippen LogP contribution in [0.15, 0.2) is 58.9 Å². The summed E-state index contributed by atoms with van der Waals surface area (Å²) in [5.41, 5.74) is 3.70. The first-order valence-electron chi connectivity index (χ1n) is 7.63. The molecule has 1 N–H and O–H groups in total. The van der Waals surface area contributed by atoms with Gasteiger partial charge in [0.1, 0.15) is 0 Å². The van der Waals surface area contributed by atoms with Gasteiger partial charge >= 0.3 is 0 Å². The fraction of sp³-hybridized carbons (Fsp3) is 0.222. The molecule has 0 amide bonds. The molecule has 0 aliphatic heterocycles. The number of aromatic nitrogens is 2. The second kappa shape index (κ2) is 8.13. The number of hydrogen-bond acceptors (Lipinski definition) is 5. The average molecular weight is 342 g/mol. The highest BCUT2D eigenvalue weighted by Crippen LogP contribution is 2.28. The molecular weight excluding hydrogens is 322 g/mol. The lowest BCUT2D eigenvalue weighted by Gasteiger charge is -2.01. The molecule has 0 unspecified atom stereocenters. The van der Waals surface area contributed by atoms with Crippen LogP contribution in [0.25, 0.3) is 0 Å². The van der Waals surface area contributed by atoms with E-state index in [-0.39, 0.29) is 0 Å². The molecule has 118 valence electrons. The summed E-state index contributed by atoms with van der Waals surface area (Å²) in [6.07, 6.45) is 2.26. The average Bonchev–Trinajstić information content (AvgIpc) is 3.02. The zero-order valence-electron chi connectivity index (χ0n) is 13.0. The third-order valence-electron chi connectivity index (χ3n) is 3.39. The van der Waals surface area contributed by atoms with Crippen LogP contribution < -0.4 is 5.32 Å². The molecule has 0 saturated heterocycles. The van der Waals surface area contributed by atoms with Crippen molar-refractivity contribution in [2.75, 3.05) is 11.1 Å². The topological polar surface area (TPSA) is 37.8 Å². The number of hydrogen-bond donors (Lipinski definition) is 1. The first-order valence-corrected chi connectivity index (χ1v) is 9.44. The molecule has 3 nitrogen and oxygen atoms in total. The van der Waals surface area contributed by atoms with Gasteiger partial charge in [0, 0.05) is 11.4 Å². The molecule has 0 aliphatic rings. The second-order valence-electron chi connectivity index (χ2n) is 5.30. The molecule has 3 rings (SSSR count). The van der Waals surface area contributed by atoms with Crippen LogP contribution in [0.4, 0.5) is 10.8 Å². The van der Waals surface area contributed by atoms with Crippen molar-refractivity contribution in [2.45, 2.75) is 24.1 Å². The van der Waals surface area contributed by atoms with Crippen LogP contribution in [-0.4, -0.2) is 16.0 Å². The monoisotopic (exact) mass is 341 g/mol. The molecule has 0 radical (unpaired) electrons. The predicted molar refractivity (Wildman–Crippen MR) is 99.9 cm³/mol. The number of nitrogens with one attached hydrogen (secondary N) is 1. The van der Waals surface area contributed by atoms with Gasteiger partial charge in [0.15, 0.2) is 4.34 Å². The highest BCUT2D eigenvalue weighted by Gasteiger charge is 2.05. The van der Waals surface area contributed by atoms with Crippen LogP contribution in [0.5, 0.6) is 0 Å². The van der Waals surface area contributed by atoms with E-state index in [1.165, 1.54) is 11.1 Å². The molecular formula is C18H19N3S2. The maximum Gasteiger partial charge on any atom is 0.210 e. The molecule has 5 heteroatoms. The van der Waals surface area contributed by atoms with Gasteiger partial charge in [0.05, 0.1) is 0 Å². The molecule has 1 heterocycles. The zero-order chi connectivity index (χ0) is 15.9. The quantitative estimate of drug-likeness (QED) is 0.466. The standard InChI is InChI=1S/C18H19N3S2/c1-14-9-11-16(12-10-14)19-17-20-21-18(23-17)22-13-5-8-15-6-3-2-4-7-15/h2-4,6-7,9-12H,5,8,13H2,1H3,(H,19,20). The molecule has 0 fully saturated rings. The van der Waals surface area contributed by atoms with Gasteiger partial charge in [0.25, 0.3) is 0 Å². The van der Waals surface area contributed by atoms with E-state index < -0.39 is 0 Å². The number of thioether (sulfide) groups is 1. The normalized spacial score (nSPS) is 10.7. The van der Waals surface area contributed by atoms with Crippen LogP contribution in [0.2, 0.25) is 0 Å². The highest BCUT2D eigenvalue weighted by molar-refractivity contribution is 8.01. The number of nitrogens with zero attached hydrogens (tertiary/aromatic N) is 2. The first kappa shape index (κ1) is 16.0. The summed E-state index contributed by atoms with van der Waals surface area (Å²) >= 11 is 3.39. The van der Waals surface area contributed by atoms with Crippen molar-refractivity contribution in [3.8, 4) is 0 Å². The number of aryl methyl sites for hydroxylation is 2. The molecule has 3 aromatic rings. The van der Waals surface area contributed by atoms with E-state index >= 15 is 0 Å². The Bertz CT molecular complexity index is 724. The summed E-state index contributed by atoms with van der Waals surface area (Å²) in [6, 6.07) is 18.9. The summed E-state index contributed by atoms with van der Waals surface area (Å²) in [5.74, 6) is 1.06. The van der Waals surface area contributed by atoms with Gasteiger partial charge in [-0.05, 0) is 37.5 Å². The lowest BCUT2D eigenvalue weighted by atomic mass is 10.1. The van der Waals surface area contributed by atoms with Crippen molar-refractivity contribution >= 4 is 33.9 Å². The van der Waals surface area contributed by atoms with E-state index in [1.54, 1.807) is 23.1 Å². The van der Waals surface area contributed by atoms with Crippen molar-refractivity contribution in [3.05, 3.63) is 65.7 Å². The summed E-state index contributed by atoms with van der Waals surface area (Å²) in [7, 11) is 0. The third-order valence-corrected chi connectivity index (χ3v) is 5.45. The van der Waals surface area contributed by atoms with Crippen LogP contribution in [0.3, 0.4) is 0 Å². The van der Waals surface area contributed by atoms with Crippen molar-refractivity contribution in [1.82, 2.24) is 10.2 Å². The number of rotatable bonds is 7. The van der Waals surface area contributed by atoms with Gasteiger partial charge in [-0.25, -0.2) is 0 Å².